The van der Waals surface area contributed by atoms with Gasteiger partial charge < -0.3 is 24.4 Å². The first kappa shape index (κ1) is 25.3. The number of alkyl halides is 4. The largest absolute Gasteiger partial charge is 0.611 e. The van der Waals surface area contributed by atoms with E-state index in [-0.39, 0.29) is 29.4 Å². The number of hydrogen-bond donors (Lipinski definition) is 1. The lowest BCUT2D eigenvalue weighted by molar-refractivity contribution is -0.342. The van der Waals surface area contributed by atoms with E-state index >= 15 is 0 Å². The Morgan fingerprint density at radius 1 is 1.20 bits per heavy atom. The van der Waals surface area contributed by atoms with Crippen LogP contribution in [0.3, 0.4) is 0 Å². The van der Waals surface area contributed by atoms with Crippen LogP contribution in [0.2, 0.25) is 0 Å². The molecule has 4 rings (SSSR count). The summed E-state index contributed by atoms with van der Waals surface area (Å²) in [6.07, 6.45) is -5.54. The number of benzene rings is 2. The van der Waals surface area contributed by atoms with Gasteiger partial charge >= 0.3 is 17.9 Å². The summed E-state index contributed by atoms with van der Waals surface area (Å²) in [5, 5.41) is 3.29. The number of nitrogens with zero attached hydrogens (tertiary/aromatic N) is 3. The van der Waals surface area contributed by atoms with Crippen LogP contribution in [0.4, 0.5) is 32.0 Å². The smallest absolute Gasteiger partial charge is 0.458 e. The second-order valence-corrected chi connectivity index (χ2v) is 9.26. The van der Waals surface area contributed by atoms with Crippen molar-refractivity contribution in [1.29, 1.82) is 0 Å². The van der Waals surface area contributed by atoms with Crippen LogP contribution >= 0.6 is 0 Å². The van der Waals surface area contributed by atoms with Gasteiger partial charge in [-0.05, 0) is 34.9 Å². The van der Waals surface area contributed by atoms with Gasteiger partial charge in [-0.2, -0.15) is 22.5 Å². The van der Waals surface area contributed by atoms with Crippen LogP contribution in [-0.2, 0) is 28.3 Å². The molecule has 2 unspecified atom stereocenters. The number of hydrogen-bond acceptors (Lipinski definition) is 7. The molecule has 35 heavy (non-hydrogen) atoms. The van der Waals surface area contributed by atoms with Crippen molar-refractivity contribution in [2.24, 2.45) is 5.73 Å². The average molecular weight is 520 g/mol. The van der Waals surface area contributed by atoms with E-state index < -0.39 is 58.2 Å². The highest BCUT2D eigenvalue weighted by Crippen LogP contribution is 2.43. The Bertz CT molecular complexity index is 1210. The summed E-state index contributed by atoms with van der Waals surface area (Å²) in [5.41, 5.74) is 6.57. The number of anilines is 1. The number of ether oxygens (including phenoxy) is 1. The van der Waals surface area contributed by atoms with Gasteiger partial charge in [0.1, 0.15) is 17.4 Å². The van der Waals surface area contributed by atoms with Crippen molar-refractivity contribution >= 4 is 16.9 Å². The van der Waals surface area contributed by atoms with Gasteiger partial charge in [-0.1, -0.05) is 17.3 Å². The van der Waals surface area contributed by atoms with Gasteiger partial charge in [-0.3, -0.25) is 0 Å². The summed E-state index contributed by atoms with van der Waals surface area (Å²) in [7, 11) is 0.465. The lowest BCUT2D eigenvalue weighted by Gasteiger charge is -2.25. The fourth-order valence-electron chi connectivity index (χ4n) is 3.61. The number of fused-ring (bicyclic) bond motifs is 1. The predicted molar refractivity (Wildman–Crippen MR) is 112 cm³/mol. The zero-order valence-electron chi connectivity index (χ0n) is 18.0. The minimum Gasteiger partial charge on any atom is -0.611 e. The fraction of sp³-hybridized carbons (Fsp3) is 0.333. The summed E-state index contributed by atoms with van der Waals surface area (Å²) in [6.45, 7) is 0.357. The summed E-state index contributed by atoms with van der Waals surface area (Å²) in [6, 6.07) is 7.12. The number of rotatable bonds is 5. The molecule has 1 aromatic heterocycles. The van der Waals surface area contributed by atoms with Crippen LogP contribution in [-0.4, -0.2) is 46.3 Å². The molecule has 0 fully saturated rings. The highest BCUT2D eigenvalue weighted by Gasteiger charge is 2.63. The normalized spacial score (nSPS) is 20.3. The lowest BCUT2D eigenvalue weighted by atomic mass is 10.1. The van der Waals surface area contributed by atoms with E-state index in [2.05, 4.69) is 19.4 Å². The third-order valence-corrected chi connectivity index (χ3v) is 6.88. The van der Waals surface area contributed by atoms with E-state index in [1.807, 2.05) is 0 Å². The van der Waals surface area contributed by atoms with Crippen LogP contribution < -0.4 is 10.6 Å². The molecule has 0 bridgehead atoms. The minimum atomic E-state index is -5.54. The molecule has 0 amide bonds. The van der Waals surface area contributed by atoms with Gasteiger partial charge in [-0.25, -0.2) is 8.78 Å². The number of aromatic nitrogens is 2. The predicted octanol–water partition coefficient (Wildman–Crippen LogP) is 3.80. The quantitative estimate of drug-likeness (QED) is 0.404. The molecule has 2 N–H and O–H groups in total. The molecule has 7 nitrogen and oxygen atoms in total. The number of nitrogens with two attached hydrogens (primary N) is 1. The van der Waals surface area contributed by atoms with Crippen molar-refractivity contribution < 1.29 is 40.2 Å². The molecule has 0 aliphatic carbocycles. The molecule has 0 radical (unpaired) electrons. The molecule has 0 spiro atoms. The van der Waals surface area contributed by atoms with Gasteiger partial charge in [-0.15, -0.1) is 0 Å². The molecule has 0 saturated carbocycles. The third kappa shape index (κ3) is 4.83. The van der Waals surface area contributed by atoms with E-state index in [1.165, 1.54) is 30.3 Å². The van der Waals surface area contributed by atoms with Crippen LogP contribution in [0.1, 0.15) is 11.5 Å². The summed E-state index contributed by atoms with van der Waals surface area (Å²) >= 11 is -1.70. The van der Waals surface area contributed by atoms with Crippen molar-refractivity contribution in [2.45, 2.75) is 29.5 Å². The average Bonchev–Trinajstić information content (AvgIpc) is 3.25. The summed E-state index contributed by atoms with van der Waals surface area (Å²) < 4.78 is 103. The van der Waals surface area contributed by atoms with Gasteiger partial charge in [0.2, 0.25) is 5.82 Å². The molecule has 1 aliphatic heterocycles. The van der Waals surface area contributed by atoms with E-state index in [1.54, 1.807) is 4.90 Å². The first-order valence-corrected chi connectivity index (χ1v) is 11.4. The number of methoxy groups -OCH3 is 1. The van der Waals surface area contributed by atoms with Crippen LogP contribution in [0.15, 0.2) is 45.8 Å². The first-order valence-electron chi connectivity index (χ1n) is 10.0. The lowest BCUT2D eigenvalue weighted by Crippen LogP contribution is -2.40. The molecule has 0 saturated heterocycles. The van der Waals surface area contributed by atoms with E-state index in [0.717, 1.165) is 6.07 Å². The first-order chi connectivity index (χ1) is 16.4. The van der Waals surface area contributed by atoms with Crippen LogP contribution in [0, 0.1) is 11.6 Å². The standard InChI is InChI=1S/C21H18F6N4O3S/c1-33-20(24,21(25,26)27)19-29-18(30-34-19)14-6-16-17(7-15(14)23)35(32)10-13(28)9-31(16)8-11-2-4-12(22)5-3-11/h2-7,13H,8-10,28H2,1H3/t13-,20?,35?/m1/s1. The molecule has 188 valence electrons. The Balaban J connectivity index is 1.78. The Hall–Kier alpha value is -2.81. The Morgan fingerprint density at radius 2 is 1.89 bits per heavy atom. The Kier molecular flexibility index (Phi) is 6.74. The van der Waals surface area contributed by atoms with Crippen molar-refractivity contribution in [2.75, 3.05) is 24.3 Å². The third-order valence-electron chi connectivity index (χ3n) is 5.33. The maximum atomic E-state index is 15.0. The summed E-state index contributed by atoms with van der Waals surface area (Å²) in [4.78, 5) is 5.14. The maximum absolute atomic E-state index is 15.0. The molecule has 3 aromatic rings. The van der Waals surface area contributed by atoms with E-state index in [9.17, 15) is 30.9 Å². The van der Waals surface area contributed by atoms with E-state index in [4.69, 9.17) is 5.73 Å². The second-order valence-electron chi connectivity index (χ2n) is 7.80. The number of halogens is 6. The second kappa shape index (κ2) is 9.33. The van der Waals surface area contributed by atoms with Crippen LogP contribution in [0.25, 0.3) is 11.4 Å². The van der Waals surface area contributed by atoms with Gasteiger partial charge in [0.05, 0.1) is 17.3 Å². The highest BCUT2D eigenvalue weighted by atomic mass is 32.2. The zero-order valence-corrected chi connectivity index (χ0v) is 18.8. The monoisotopic (exact) mass is 520 g/mol. The fourth-order valence-corrected chi connectivity index (χ4v) is 4.94. The minimum absolute atomic E-state index is 0.0296. The SMILES string of the molecule is COC(F)(c1nc(-c2cc3c(cc2F)[S+]([O-])C[C@H](N)CN3Cc2ccc(F)cc2)no1)C(F)(F)F. The highest BCUT2D eigenvalue weighted by molar-refractivity contribution is 7.91. The van der Waals surface area contributed by atoms with Crippen molar-refractivity contribution in [3.8, 4) is 11.4 Å². The molecule has 3 atom stereocenters. The Morgan fingerprint density at radius 3 is 2.51 bits per heavy atom. The van der Waals surface area contributed by atoms with Crippen molar-refractivity contribution in [3.63, 3.8) is 0 Å². The Labute approximate surface area is 198 Å². The van der Waals surface area contributed by atoms with Gasteiger partial charge in [0.25, 0.3) is 0 Å². The van der Waals surface area contributed by atoms with Crippen LogP contribution in [0.5, 0.6) is 0 Å². The molecular weight excluding hydrogens is 502 g/mol. The van der Waals surface area contributed by atoms with Crippen molar-refractivity contribution in [3.05, 3.63) is 59.5 Å². The molecular formula is C21H18F6N4O3S. The van der Waals surface area contributed by atoms with Gasteiger partial charge in [0, 0.05) is 26.3 Å². The zero-order chi connectivity index (χ0) is 25.5. The van der Waals surface area contributed by atoms with Gasteiger partial charge in [0.15, 0.2) is 4.90 Å². The molecule has 14 heteroatoms. The maximum Gasteiger partial charge on any atom is 0.458 e. The van der Waals surface area contributed by atoms with E-state index in [0.29, 0.717) is 12.7 Å². The van der Waals surface area contributed by atoms with Crippen molar-refractivity contribution in [1.82, 2.24) is 10.1 Å². The molecule has 2 heterocycles. The topological polar surface area (TPSA) is 100 Å². The molecule has 2 aromatic carbocycles. The molecule has 1 aliphatic rings. The summed E-state index contributed by atoms with van der Waals surface area (Å²) in [5.74, 6) is -8.07.